The molecular formula is C10H15N3O3S. The highest BCUT2D eigenvalue weighted by Crippen LogP contribution is 2.29. The average Bonchev–Trinajstić information content (AvgIpc) is 2.84. The van der Waals surface area contributed by atoms with Crippen molar-refractivity contribution in [1.29, 1.82) is 0 Å². The monoisotopic (exact) mass is 257 g/mol. The van der Waals surface area contributed by atoms with Gasteiger partial charge in [-0.2, -0.15) is 17.6 Å². The van der Waals surface area contributed by atoms with Crippen molar-refractivity contribution in [3.05, 3.63) is 12.2 Å². The van der Waals surface area contributed by atoms with Gasteiger partial charge in [0.1, 0.15) is 5.54 Å². The lowest BCUT2D eigenvalue weighted by atomic mass is 9.89. The van der Waals surface area contributed by atoms with E-state index in [4.69, 9.17) is 9.26 Å². The minimum atomic E-state index is -0.550. The molecule has 1 saturated heterocycles. The highest BCUT2D eigenvalue weighted by molar-refractivity contribution is 7.80. The van der Waals surface area contributed by atoms with Gasteiger partial charge in [-0.1, -0.05) is 5.16 Å². The number of nitrogens with one attached hydrogen (secondary N) is 1. The Morgan fingerprint density at radius 2 is 2.29 bits per heavy atom. The summed E-state index contributed by atoms with van der Waals surface area (Å²) in [7, 11) is 0. The highest BCUT2D eigenvalue weighted by Gasteiger charge is 2.39. The molecule has 0 unspecified atom stereocenters. The van der Waals surface area contributed by atoms with Gasteiger partial charge in [0.05, 0.1) is 0 Å². The predicted octanol–water partition coefficient (Wildman–Crippen LogP) is 0.511. The average molecular weight is 257 g/mol. The van der Waals surface area contributed by atoms with E-state index in [0.29, 0.717) is 44.1 Å². The highest BCUT2D eigenvalue weighted by atomic mass is 32.1. The summed E-state index contributed by atoms with van der Waals surface area (Å²) in [5, 5.41) is 6.83. The number of nitrogens with zero attached hydrogens (tertiary/aromatic N) is 2. The summed E-state index contributed by atoms with van der Waals surface area (Å²) in [6.45, 7) is 1.16. The Bertz CT molecular complexity index is 363. The summed E-state index contributed by atoms with van der Waals surface area (Å²) in [5.41, 5.74) is -0.550. The van der Waals surface area contributed by atoms with E-state index in [2.05, 4.69) is 28.1 Å². The van der Waals surface area contributed by atoms with E-state index in [9.17, 15) is 4.79 Å². The van der Waals surface area contributed by atoms with Crippen LogP contribution in [0.5, 0.6) is 0 Å². The van der Waals surface area contributed by atoms with Crippen LogP contribution < -0.4 is 5.32 Å². The Balaban J connectivity index is 2.15. The van der Waals surface area contributed by atoms with Gasteiger partial charge in [0.15, 0.2) is 5.82 Å². The van der Waals surface area contributed by atoms with Crippen molar-refractivity contribution in [2.24, 2.45) is 0 Å². The van der Waals surface area contributed by atoms with Crippen molar-refractivity contribution in [2.75, 3.05) is 19.0 Å². The summed E-state index contributed by atoms with van der Waals surface area (Å²) in [6.07, 6.45) is 2.97. The number of aromatic nitrogens is 2. The van der Waals surface area contributed by atoms with Gasteiger partial charge in [-0.3, -0.25) is 4.79 Å². The van der Waals surface area contributed by atoms with Crippen LogP contribution in [0.25, 0.3) is 0 Å². The zero-order valence-electron chi connectivity index (χ0n) is 9.39. The molecule has 0 saturated carbocycles. The molecule has 0 bridgehead atoms. The van der Waals surface area contributed by atoms with Crippen LogP contribution in [-0.4, -0.2) is 35.0 Å². The van der Waals surface area contributed by atoms with Crippen molar-refractivity contribution >= 4 is 18.5 Å². The number of carbonyl (C=O) groups is 1. The fourth-order valence-electron chi connectivity index (χ4n) is 1.94. The molecule has 0 atom stereocenters. The lowest BCUT2D eigenvalue weighted by molar-refractivity contribution is -0.124. The van der Waals surface area contributed by atoms with Gasteiger partial charge >= 0.3 is 0 Å². The normalized spacial score (nSPS) is 18.9. The van der Waals surface area contributed by atoms with Crippen molar-refractivity contribution in [1.82, 2.24) is 15.5 Å². The zero-order chi connectivity index (χ0) is 12.1. The van der Waals surface area contributed by atoms with Crippen LogP contribution in [0.2, 0.25) is 0 Å². The molecule has 1 aromatic rings. The van der Waals surface area contributed by atoms with Crippen molar-refractivity contribution in [2.45, 2.75) is 24.8 Å². The summed E-state index contributed by atoms with van der Waals surface area (Å²) in [4.78, 5) is 15.8. The summed E-state index contributed by atoms with van der Waals surface area (Å²) < 4.78 is 10.1. The summed E-state index contributed by atoms with van der Waals surface area (Å²) in [5.74, 6) is 0.991. The van der Waals surface area contributed by atoms with Crippen LogP contribution >= 0.6 is 12.6 Å². The van der Waals surface area contributed by atoms with E-state index in [1.807, 2.05) is 0 Å². The predicted molar refractivity (Wildman–Crippen MR) is 62.6 cm³/mol. The summed E-state index contributed by atoms with van der Waals surface area (Å²) >= 11 is 4.04. The van der Waals surface area contributed by atoms with E-state index in [1.165, 1.54) is 6.39 Å². The number of thiol groups is 1. The molecule has 7 heteroatoms. The van der Waals surface area contributed by atoms with Gasteiger partial charge in [0, 0.05) is 32.5 Å². The van der Waals surface area contributed by atoms with Crippen LogP contribution in [0.15, 0.2) is 10.9 Å². The third-order valence-electron chi connectivity index (χ3n) is 2.85. The first-order chi connectivity index (χ1) is 8.27. The topological polar surface area (TPSA) is 77.3 Å². The molecule has 0 radical (unpaired) electrons. The molecule has 1 aliphatic rings. The molecule has 1 amide bonds. The lowest BCUT2D eigenvalue weighted by Gasteiger charge is -2.35. The largest absolute Gasteiger partial charge is 0.381 e. The molecule has 17 heavy (non-hydrogen) atoms. The van der Waals surface area contributed by atoms with Crippen molar-refractivity contribution in [3.8, 4) is 0 Å². The van der Waals surface area contributed by atoms with Gasteiger partial charge in [-0.15, -0.1) is 0 Å². The Morgan fingerprint density at radius 3 is 2.88 bits per heavy atom. The SMILES string of the molecule is O=C(CCS)NC1(c2ncon2)CCOCC1. The number of hydrogen-bond donors (Lipinski definition) is 2. The van der Waals surface area contributed by atoms with Crippen LogP contribution in [0, 0.1) is 0 Å². The first kappa shape index (κ1) is 12.4. The quantitative estimate of drug-likeness (QED) is 0.769. The second kappa shape index (κ2) is 5.50. The molecule has 0 aromatic carbocycles. The molecule has 1 aliphatic heterocycles. The Labute approximate surface area is 105 Å². The Kier molecular flexibility index (Phi) is 4.01. The maximum Gasteiger partial charge on any atom is 0.221 e. The smallest absolute Gasteiger partial charge is 0.221 e. The third-order valence-corrected chi connectivity index (χ3v) is 3.08. The molecule has 0 spiro atoms. The molecule has 1 N–H and O–H groups in total. The number of amides is 1. The minimum Gasteiger partial charge on any atom is -0.381 e. The maximum atomic E-state index is 11.7. The molecule has 2 rings (SSSR count). The van der Waals surface area contributed by atoms with Crippen LogP contribution in [0.3, 0.4) is 0 Å². The standard InChI is InChI=1S/C10H15N3O3S/c14-8(1-6-17)12-10(2-4-15-5-3-10)9-11-7-16-13-9/h7,17H,1-6H2,(H,12,14). The van der Waals surface area contributed by atoms with Crippen LogP contribution in [0.1, 0.15) is 25.1 Å². The van der Waals surface area contributed by atoms with Gasteiger partial charge in [0.25, 0.3) is 0 Å². The summed E-state index contributed by atoms with van der Waals surface area (Å²) in [6, 6.07) is 0. The molecule has 6 nitrogen and oxygen atoms in total. The number of hydrogen-bond acceptors (Lipinski definition) is 6. The van der Waals surface area contributed by atoms with Crippen LogP contribution in [0.4, 0.5) is 0 Å². The van der Waals surface area contributed by atoms with Crippen molar-refractivity contribution < 1.29 is 14.1 Å². The third kappa shape index (κ3) is 2.78. The molecule has 2 heterocycles. The molecular weight excluding hydrogens is 242 g/mol. The van der Waals surface area contributed by atoms with E-state index in [1.54, 1.807) is 0 Å². The number of rotatable bonds is 4. The number of carbonyl (C=O) groups excluding carboxylic acids is 1. The lowest BCUT2D eigenvalue weighted by Crippen LogP contribution is -2.50. The number of ether oxygens (including phenoxy) is 1. The van der Waals surface area contributed by atoms with E-state index >= 15 is 0 Å². The molecule has 1 fully saturated rings. The Hall–Kier alpha value is -1.08. The van der Waals surface area contributed by atoms with Gasteiger partial charge < -0.3 is 14.6 Å². The maximum absolute atomic E-state index is 11.7. The van der Waals surface area contributed by atoms with E-state index < -0.39 is 5.54 Å². The van der Waals surface area contributed by atoms with E-state index in [0.717, 1.165) is 0 Å². The Morgan fingerprint density at radius 1 is 1.53 bits per heavy atom. The van der Waals surface area contributed by atoms with Gasteiger partial charge in [-0.05, 0) is 5.75 Å². The van der Waals surface area contributed by atoms with Gasteiger partial charge in [-0.25, -0.2) is 0 Å². The van der Waals surface area contributed by atoms with Crippen molar-refractivity contribution in [3.63, 3.8) is 0 Å². The van der Waals surface area contributed by atoms with Gasteiger partial charge in [0.2, 0.25) is 12.3 Å². The first-order valence-electron chi connectivity index (χ1n) is 5.53. The van der Waals surface area contributed by atoms with Crippen LogP contribution in [-0.2, 0) is 15.1 Å². The fraction of sp³-hybridized carbons (Fsp3) is 0.700. The second-order valence-electron chi connectivity index (χ2n) is 3.97. The minimum absolute atomic E-state index is 0.0494. The second-order valence-corrected chi connectivity index (χ2v) is 4.42. The fourth-order valence-corrected chi connectivity index (χ4v) is 2.14. The zero-order valence-corrected chi connectivity index (χ0v) is 10.3. The molecule has 94 valence electrons. The molecule has 1 aromatic heterocycles. The first-order valence-corrected chi connectivity index (χ1v) is 6.16. The van der Waals surface area contributed by atoms with E-state index in [-0.39, 0.29) is 5.91 Å². The molecule has 0 aliphatic carbocycles.